The number of hydrogen-bond donors (Lipinski definition) is 1. The molecule has 0 saturated heterocycles. The molecule has 1 N–H and O–H groups in total. The summed E-state index contributed by atoms with van der Waals surface area (Å²) in [4.78, 5) is 37.6. The number of carbonyl (C=O) groups is 2. The number of non-ortho nitro benzene ring substituents is 1. The first-order chi connectivity index (χ1) is 17.4. The van der Waals surface area contributed by atoms with Crippen molar-refractivity contribution >= 4 is 23.7 Å². The molecular weight excluding hydrogens is 472 g/mol. The van der Waals surface area contributed by atoms with Crippen molar-refractivity contribution in [3.8, 4) is 0 Å². The number of allylic oxidation sites excluding steroid dienone is 2. The Morgan fingerprint density at radius 3 is 2.19 bits per heavy atom. The van der Waals surface area contributed by atoms with E-state index in [2.05, 4.69) is 5.32 Å². The molecule has 1 aliphatic rings. The van der Waals surface area contributed by atoms with Crippen molar-refractivity contribution in [1.82, 2.24) is 5.32 Å². The number of dihydropyridines is 1. The van der Waals surface area contributed by atoms with Crippen LogP contribution in [0.2, 0.25) is 0 Å². The topological polar surface area (TPSA) is 108 Å². The van der Waals surface area contributed by atoms with Crippen LogP contribution in [0, 0.1) is 15.5 Å². The number of nitrogens with one attached hydrogen (secondary N) is 1. The molecule has 194 valence electrons. The Morgan fingerprint density at radius 1 is 1.00 bits per heavy atom. The number of methoxy groups -OCH3 is 1. The number of esters is 2. The van der Waals surface area contributed by atoms with Crippen LogP contribution in [-0.2, 0) is 19.1 Å². The molecule has 1 heterocycles. The molecule has 8 nitrogen and oxygen atoms in total. The van der Waals surface area contributed by atoms with Gasteiger partial charge < -0.3 is 14.8 Å². The van der Waals surface area contributed by atoms with Gasteiger partial charge in [0.15, 0.2) is 0 Å². The molecule has 0 saturated carbocycles. The third-order valence-electron chi connectivity index (χ3n) is 6.15. The molecule has 37 heavy (non-hydrogen) atoms. The van der Waals surface area contributed by atoms with Crippen LogP contribution >= 0.6 is 0 Å². The van der Waals surface area contributed by atoms with Gasteiger partial charge in [-0.15, -0.1) is 0 Å². The standard InChI is InChI=1S/C29H32N2O6/c1-18-24(27(32)36-6)26(21-13-10-14-22(17-21)31(34)35)25(19(2)30-18)28(33)37-23(29(3,4)5)16-15-20-11-8-7-9-12-20/h7-17,23,26,30H,1-6H3/b16-15+. The first-order valence-electron chi connectivity index (χ1n) is 11.9. The number of nitrogens with zero attached hydrogens (tertiary/aromatic N) is 1. The molecule has 2 aromatic carbocycles. The maximum atomic E-state index is 13.8. The van der Waals surface area contributed by atoms with Gasteiger partial charge in [-0.2, -0.15) is 0 Å². The van der Waals surface area contributed by atoms with E-state index in [1.165, 1.54) is 25.3 Å². The summed E-state index contributed by atoms with van der Waals surface area (Å²) >= 11 is 0. The quantitative estimate of drug-likeness (QED) is 0.294. The molecule has 0 bridgehead atoms. The van der Waals surface area contributed by atoms with Crippen LogP contribution in [0.15, 0.2) is 83.2 Å². The Morgan fingerprint density at radius 2 is 1.62 bits per heavy atom. The average Bonchev–Trinajstić information content (AvgIpc) is 2.85. The highest BCUT2D eigenvalue weighted by Gasteiger charge is 2.39. The van der Waals surface area contributed by atoms with Gasteiger partial charge >= 0.3 is 11.9 Å². The molecule has 3 rings (SSSR count). The first kappa shape index (κ1) is 27.4. The lowest BCUT2D eigenvalue weighted by Gasteiger charge is -2.33. The van der Waals surface area contributed by atoms with Crippen molar-refractivity contribution in [2.45, 2.75) is 46.6 Å². The van der Waals surface area contributed by atoms with Crippen molar-refractivity contribution < 1.29 is 24.0 Å². The molecule has 8 heteroatoms. The number of nitro groups is 1. The van der Waals surface area contributed by atoms with E-state index in [-0.39, 0.29) is 16.8 Å². The lowest BCUT2D eigenvalue weighted by molar-refractivity contribution is -0.384. The summed E-state index contributed by atoms with van der Waals surface area (Å²) in [6.45, 7) is 9.29. The number of rotatable bonds is 7. The second-order valence-electron chi connectivity index (χ2n) is 9.94. The Balaban J connectivity index is 2.07. The van der Waals surface area contributed by atoms with Crippen LogP contribution in [0.4, 0.5) is 5.69 Å². The molecule has 2 unspecified atom stereocenters. The van der Waals surface area contributed by atoms with Crippen LogP contribution in [0.3, 0.4) is 0 Å². The van der Waals surface area contributed by atoms with Crippen LogP contribution in [-0.4, -0.2) is 30.1 Å². The first-order valence-corrected chi connectivity index (χ1v) is 11.9. The summed E-state index contributed by atoms with van der Waals surface area (Å²) in [6.07, 6.45) is 3.13. The van der Waals surface area contributed by atoms with E-state index >= 15 is 0 Å². The van der Waals surface area contributed by atoms with Crippen molar-refractivity contribution in [3.63, 3.8) is 0 Å². The second-order valence-corrected chi connectivity index (χ2v) is 9.94. The SMILES string of the molecule is COC(=O)C1=C(C)NC(C)=C(C(=O)OC(/C=C/c2ccccc2)C(C)(C)C)C1c1cccc([N+](=O)[O-])c1. The molecule has 0 aromatic heterocycles. The molecule has 0 fully saturated rings. The monoisotopic (exact) mass is 504 g/mol. The number of ether oxygens (including phenoxy) is 2. The number of carbonyl (C=O) groups excluding carboxylic acids is 2. The smallest absolute Gasteiger partial charge is 0.337 e. The summed E-state index contributed by atoms with van der Waals surface area (Å²) in [5.41, 5.74) is 2.15. The van der Waals surface area contributed by atoms with Crippen LogP contribution in [0.25, 0.3) is 6.08 Å². The molecule has 0 aliphatic carbocycles. The minimum atomic E-state index is -0.917. The highest BCUT2D eigenvalue weighted by Crippen LogP contribution is 2.40. The van der Waals surface area contributed by atoms with E-state index in [4.69, 9.17) is 9.47 Å². The normalized spacial score (nSPS) is 16.9. The maximum absolute atomic E-state index is 13.8. The number of nitro benzene ring substituents is 1. The Kier molecular flexibility index (Phi) is 8.32. The van der Waals surface area contributed by atoms with E-state index in [1.807, 2.05) is 63.3 Å². The molecule has 0 radical (unpaired) electrons. The predicted molar refractivity (Wildman–Crippen MR) is 141 cm³/mol. The molecule has 0 spiro atoms. The molecule has 2 aromatic rings. The van der Waals surface area contributed by atoms with Crippen LogP contribution in [0.1, 0.15) is 51.7 Å². The number of hydrogen-bond acceptors (Lipinski definition) is 7. The Labute approximate surface area is 216 Å². The lowest BCUT2D eigenvalue weighted by Crippen LogP contribution is -2.36. The molecule has 1 aliphatic heterocycles. The second kappa shape index (κ2) is 11.2. The average molecular weight is 505 g/mol. The van der Waals surface area contributed by atoms with E-state index in [9.17, 15) is 19.7 Å². The third kappa shape index (κ3) is 6.33. The van der Waals surface area contributed by atoms with Crippen molar-refractivity contribution in [1.29, 1.82) is 0 Å². The molecule has 0 amide bonds. The summed E-state index contributed by atoms with van der Waals surface area (Å²) in [7, 11) is 1.25. The van der Waals surface area contributed by atoms with Crippen LogP contribution < -0.4 is 5.32 Å². The summed E-state index contributed by atoms with van der Waals surface area (Å²) in [6, 6.07) is 15.6. The van der Waals surface area contributed by atoms with Crippen molar-refractivity contribution in [3.05, 3.63) is 104 Å². The van der Waals surface area contributed by atoms with E-state index < -0.39 is 34.3 Å². The van der Waals surface area contributed by atoms with Gasteiger partial charge in [0, 0.05) is 28.9 Å². The lowest BCUT2D eigenvalue weighted by atomic mass is 9.80. The van der Waals surface area contributed by atoms with Gasteiger partial charge in [-0.3, -0.25) is 10.1 Å². The summed E-state index contributed by atoms with van der Waals surface area (Å²) in [5, 5.41) is 14.6. The van der Waals surface area contributed by atoms with Gasteiger partial charge in [-0.25, -0.2) is 9.59 Å². The van der Waals surface area contributed by atoms with Crippen molar-refractivity contribution in [2.24, 2.45) is 5.41 Å². The summed E-state index contributed by atoms with van der Waals surface area (Å²) in [5.74, 6) is -2.19. The van der Waals surface area contributed by atoms with Gasteiger partial charge in [0.25, 0.3) is 5.69 Å². The zero-order valence-corrected chi connectivity index (χ0v) is 21.9. The minimum absolute atomic E-state index is 0.151. The fourth-order valence-corrected chi connectivity index (χ4v) is 4.24. The zero-order valence-electron chi connectivity index (χ0n) is 21.9. The van der Waals surface area contributed by atoms with E-state index in [0.29, 0.717) is 17.0 Å². The zero-order chi connectivity index (χ0) is 27.3. The van der Waals surface area contributed by atoms with E-state index in [0.717, 1.165) is 5.56 Å². The third-order valence-corrected chi connectivity index (χ3v) is 6.15. The fraction of sp³-hybridized carbons (Fsp3) is 0.310. The molecule has 2 atom stereocenters. The van der Waals surface area contributed by atoms with Gasteiger partial charge in [0.05, 0.1) is 29.1 Å². The van der Waals surface area contributed by atoms with Gasteiger partial charge in [0.1, 0.15) is 6.10 Å². The van der Waals surface area contributed by atoms with Crippen LogP contribution in [0.5, 0.6) is 0 Å². The van der Waals surface area contributed by atoms with E-state index in [1.54, 1.807) is 19.9 Å². The maximum Gasteiger partial charge on any atom is 0.337 e. The number of benzene rings is 2. The highest BCUT2D eigenvalue weighted by atomic mass is 16.6. The summed E-state index contributed by atoms with van der Waals surface area (Å²) < 4.78 is 11.1. The van der Waals surface area contributed by atoms with Gasteiger partial charge in [0.2, 0.25) is 0 Å². The van der Waals surface area contributed by atoms with Crippen molar-refractivity contribution in [2.75, 3.05) is 7.11 Å². The Bertz CT molecular complexity index is 1280. The minimum Gasteiger partial charge on any atom is -0.466 e. The fourth-order valence-electron chi connectivity index (χ4n) is 4.24. The molecular formula is C29H32N2O6. The van der Waals surface area contributed by atoms with Gasteiger partial charge in [-0.05, 0) is 31.1 Å². The predicted octanol–water partition coefficient (Wildman–Crippen LogP) is 5.67. The Hall–Kier alpha value is -4.20. The highest BCUT2D eigenvalue weighted by molar-refractivity contribution is 6.00. The largest absolute Gasteiger partial charge is 0.466 e. The van der Waals surface area contributed by atoms with Gasteiger partial charge in [-0.1, -0.05) is 69.3 Å².